The van der Waals surface area contributed by atoms with Crippen LogP contribution in [0, 0.1) is 5.82 Å². The zero-order valence-electron chi connectivity index (χ0n) is 18.4. The van der Waals surface area contributed by atoms with Crippen molar-refractivity contribution in [3.05, 3.63) is 106 Å². The van der Waals surface area contributed by atoms with Gasteiger partial charge in [-0.15, -0.1) is 12.4 Å². The number of amides is 1. The van der Waals surface area contributed by atoms with Crippen molar-refractivity contribution in [3.63, 3.8) is 0 Å². The SMILES string of the molecule is CC1=C(CC(=O)NCc2ccccc2)c2cc(F)ccc2/C1=C/c1ccc(S(C)=O)cc1.Cl. The van der Waals surface area contributed by atoms with Gasteiger partial charge >= 0.3 is 0 Å². The van der Waals surface area contributed by atoms with E-state index in [0.29, 0.717) is 6.54 Å². The number of carbonyl (C=O) groups is 1. The van der Waals surface area contributed by atoms with Crippen molar-refractivity contribution >= 4 is 46.3 Å². The van der Waals surface area contributed by atoms with Crippen LogP contribution in [0.3, 0.4) is 0 Å². The quantitative estimate of drug-likeness (QED) is 0.468. The summed E-state index contributed by atoms with van der Waals surface area (Å²) in [6, 6.07) is 22.0. The normalized spacial score (nSPS) is 14.6. The van der Waals surface area contributed by atoms with Gasteiger partial charge < -0.3 is 5.32 Å². The Labute approximate surface area is 202 Å². The third-order valence-corrected chi connectivity index (χ3v) is 6.58. The van der Waals surface area contributed by atoms with Crippen LogP contribution in [-0.2, 0) is 22.1 Å². The molecule has 1 unspecified atom stereocenters. The number of benzene rings is 3. The molecule has 0 saturated heterocycles. The van der Waals surface area contributed by atoms with E-state index in [9.17, 15) is 13.4 Å². The summed E-state index contributed by atoms with van der Waals surface area (Å²) < 4.78 is 25.7. The van der Waals surface area contributed by atoms with Gasteiger partial charge in [-0.25, -0.2) is 4.39 Å². The van der Waals surface area contributed by atoms with E-state index < -0.39 is 10.8 Å². The smallest absolute Gasteiger partial charge is 0.224 e. The summed E-state index contributed by atoms with van der Waals surface area (Å²) in [5, 5.41) is 2.96. The average Bonchev–Trinajstić information content (AvgIpc) is 3.04. The molecule has 0 fully saturated rings. The lowest BCUT2D eigenvalue weighted by Gasteiger charge is -2.08. The molecule has 3 aromatic rings. The van der Waals surface area contributed by atoms with Crippen LogP contribution in [-0.4, -0.2) is 16.4 Å². The second-order valence-corrected chi connectivity index (χ2v) is 9.19. The Morgan fingerprint density at radius 3 is 2.36 bits per heavy atom. The van der Waals surface area contributed by atoms with Gasteiger partial charge in [-0.2, -0.15) is 0 Å². The first kappa shape index (κ1) is 24.6. The molecule has 3 aromatic carbocycles. The number of carbonyl (C=O) groups excluding carboxylic acids is 1. The number of rotatable bonds is 6. The topological polar surface area (TPSA) is 46.2 Å². The van der Waals surface area contributed by atoms with Crippen molar-refractivity contribution in [3.8, 4) is 0 Å². The van der Waals surface area contributed by atoms with Gasteiger partial charge in [0.2, 0.25) is 5.91 Å². The maximum atomic E-state index is 14.1. The van der Waals surface area contributed by atoms with Crippen LogP contribution >= 0.6 is 12.4 Å². The molecule has 0 spiro atoms. The first-order valence-electron chi connectivity index (χ1n) is 10.4. The Kier molecular flexibility index (Phi) is 8.01. The third kappa shape index (κ3) is 5.67. The first-order valence-corrected chi connectivity index (χ1v) is 11.9. The van der Waals surface area contributed by atoms with Gasteiger partial charge in [0.15, 0.2) is 0 Å². The molecule has 6 heteroatoms. The summed E-state index contributed by atoms with van der Waals surface area (Å²) >= 11 is 0. The highest BCUT2D eigenvalue weighted by Gasteiger charge is 2.25. The molecule has 33 heavy (non-hydrogen) atoms. The van der Waals surface area contributed by atoms with Crippen molar-refractivity contribution in [2.45, 2.75) is 24.8 Å². The van der Waals surface area contributed by atoms with Gasteiger partial charge in [0.05, 0.1) is 6.42 Å². The minimum absolute atomic E-state index is 0. The van der Waals surface area contributed by atoms with Gasteiger partial charge in [0.25, 0.3) is 0 Å². The van der Waals surface area contributed by atoms with E-state index in [2.05, 4.69) is 5.32 Å². The Bertz CT molecular complexity index is 1250. The van der Waals surface area contributed by atoms with Gasteiger partial charge in [0, 0.05) is 28.5 Å². The van der Waals surface area contributed by atoms with E-state index >= 15 is 0 Å². The van der Waals surface area contributed by atoms with E-state index in [-0.39, 0.29) is 30.6 Å². The van der Waals surface area contributed by atoms with Crippen LogP contribution in [0.15, 0.2) is 83.3 Å². The highest BCUT2D eigenvalue weighted by molar-refractivity contribution is 7.84. The largest absolute Gasteiger partial charge is 0.352 e. The molecule has 3 nitrogen and oxygen atoms in total. The van der Waals surface area contributed by atoms with Crippen molar-refractivity contribution < 1.29 is 13.4 Å². The molecule has 1 aliphatic carbocycles. The van der Waals surface area contributed by atoms with Crippen LogP contribution in [0.25, 0.3) is 17.2 Å². The lowest BCUT2D eigenvalue weighted by Crippen LogP contribution is -2.22. The minimum Gasteiger partial charge on any atom is -0.352 e. The summed E-state index contributed by atoms with van der Waals surface area (Å²) in [6.45, 7) is 2.43. The predicted molar refractivity (Wildman–Crippen MR) is 136 cm³/mol. The zero-order valence-corrected chi connectivity index (χ0v) is 20.1. The molecule has 1 aliphatic rings. The van der Waals surface area contributed by atoms with E-state index in [1.54, 1.807) is 12.3 Å². The molecule has 4 rings (SSSR count). The molecule has 0 aliphatic heterocycles. The summed E-state index contributed by atoms with van der Waals surface area (Å²) in [5.41, 5.74) is 6.43. The highest BCUT2D eigenvalue weighted by Crippen LogP contribution is 2.43. The van der Waals surface area contributed by atoms with Crippen molar-refractivity contribution in [2.75, 3.05) is 6.26 Å². The molecule has 1 amide bonds. The van der Waals surface area contributed by atoms with Gasteiger partial charge in [0.1, 0.15) is 5.82 Å². The fraction of sp³-hybridized carbons (Fsp3) is 0.148. The Hall–Kier alpha value is -3.02. The van der Waals surface area contributed by atoms with Crippen molar-refractivity contribution in [1.29, 1.82) is 0 Å². The molecule has 170 valence electrons. The van der Waals surface area contributed by atoms with Crippen LogP contribution in [0.5, 0.6) is 0 Å². The number of allylic oxidation sites excluding steroid dienone is 2. The second-order valence-electron chi connectivity index (χ2n) is 7.81. The third-order valence-electron chi connectivity index (χ3n) is 5.65. The van der Waals surface area contributed by atoms with Crippen LogP contribution in [0.4, 0.5) is 4.39 Å². The second kappa shape index (κ2) is 10.7. The minimum atomic E-state index is -1.03. The number of hydrogen-bond acceptors (Lipinski definition) is 2. The number of fused-ring (bicyclic) bond motifs is 1. The van der Waals surface area contributed by atoms with Gasteiger partial charge in [-0.1, -0.05) is 48.5 Å². The zero-order chi connectivity index (χ0) is 22.7. The van der Waals surface area contributed by atoms with Crippen molar-refractivity contribution in [1.82, 2.24) is 5.32 Å². The molecule has 0 bridgehead atoms. The molecular formula is C27H25ClFNO2S. The van der Waals surface area contributed by atoms with Crippen molar-refractivity contribution in [2.24, 2.45) is 0 Å². The Morgan fingerprint density at radius 2 is 1.70 bits per heavy atom. The standard InChI is InChI=1S/C27H24FNO2S.ClH/c1-18-24(14-19-8-11-22(12-9-19)32(2)31)23-13-10-21(28)15-26(23)25(18)16-27(30)29-17-20-6-4-3-5-7-20;/h3-15H,16-17H2,1-2H3,(H,29,30);1H/b24-14+;. The lowest BCUT2D eigenvalue weighted by molar-refractivity contribution is -0.120. The van der Waals surface area contributed by atoms with E-state index in [1.807, 2.05) is 67.6 Å². The van der Waals surface area contributed by atoms with E-state index in [0.717, 1.165) is 43.9 Å². The molecule has 1 atom stereocenters. The predicted octanol–water partition coefficient (Wildman–Crippen LogP) is 6.02. The lowest BCUT2D eigenvalue weighted by atomic mass is 10.0. The molecule has 1 N–H and O–H groups in total. The first-order chi connectivity index (χ1) is 15.4. The number of halogens is 2. The molecular weight excluding hydrogens is 457 g/mol. The summed E-state index contributed by atoms with van der Waals surface area (Å²) in [6.07, 6.45) is 3.86. The average molecular weight is 482 g/mol. The highest BCUT2D eigenvalue weighted by atomic mass is 35.5. The van der Waals surface area contributed by atoms with Crippen LogP contribution in [0.2, 0.25) is 0 Å². The van der Waals surface area contributed by atoms with Gasteiger partial charge in [-0.3, -0.25) is 9.00 Å². The maximum absolute atomic E-state index is 14.1. The van der Waals surface area contributed by atoms with E-state index in [1.165, 1.54) is 12.1 Å². The Morgan fingerprint density at radius 1 is 1.00 bits per heavy atom. The molecule has 0 heterocycles. The summed E-state index contributed by atoms with van der Waals surface area (Å²) in [7, 11) is -1.03. The maximum Gasteiger partial charge on any atom is 0.224 e. The number of nitrogens with one attached hydrogen (secondary N) is 1. The Balaban J connectivity index is 0.00000306. The summed E-state index contributed by atoms with van der Waals surface area (Å²) in [5.74, 6) is -0.427. The summed E-state index contributed by atoms with van der Waals surface area (Å²) in [4.78, 5) is 13.5. The van der Waals surface area contributed by atoms with Gasteiger partial charge in [-0.05, 0) is 76.2 Å². The molecule has 0 saturated carbocycles. The number of hydrogen-bond donors (Lipinski definition) is 1. The van der Waals surface area contributed by atoms with Crippen LogP contribution in [0.1, 0.15) is 35.6 Å². The van der Waals surface area contributed by atoms with E-state index in [4.69, 9.17) is 0 Å². The fourth-order valence-electron chi connectivity index (χ4n) is 3.92. The molecule has 0 aromatic heterocycles. The monoisotopic (exact) mass is 481 g/mol. The fourth-order valence-corrected chi connectivity index (χ4v) is 4.44. The molecule has 0 radical (unpaired) electrons. The van der Waals surface area contributed by atoms with Crippen LogP contribution < -0.4 is 5.32 Å².